The molecule has 122 valence electrons. The van der Waals surface area contributed by atoms with E-state index < -0.39 is 17.6 Å². The van der Waals surface area contributed by atoms with Gasteiger partial charge in [0.15, 0.2) is 11.3 Å². The van der Waals surface area contributed by atoms with Crippen LogP contribution in [0.1, 0.15) is 22.7 Å². The Morgan fingerprint density at radius 1 is 1.21 bits per heavy atom. The number of carbonyl (C=O) groups excluding carboxylic acids is 1. The number of imidazole rings is 1. The minimum atomic E-state index is -1.02. The van der Waals surface area contributed by atoms with Crippen molar-refractivity contribution in [3.63, 3.8) is 0 Å². The number of aliphatic carboxylic acids is 1. The Bertz CT molecular complexity index is 990. The molecule has 9 heteroatoms. The fourth-order valence-electron chi connectivity index (χ4n) is 2.36. The largest absolute Gasteiger partial charge is 0.481 e. The lowest BCUT2D eigenvalue weighted by atomic mass is 10.2. The number of rotatable bonds is 5. The van der Waals surface area contributed by atoms with Crippen LogP contribution in [0.15, 0.2) is 35.1 Å². The Labute approximate surface area is 134 Å². The summed E-state index contributed by atoms with van der Waals surface area (Å²) in [5.74, 6) is -1.73. The quantitative estimate of drug-likeness (QED) is 0.611. The van der Waals surface area contributed by atoms with Gasteiger partial charge in [0.25, 0.3) is 5.91 Å². The van der Waals surface area contributed by atoms with E-state index >= 15 is 0 Å². The number of hydrogen-bond acceptors (Lipinski definition) is 5. The van der Waals surface area contributed by atoms with Crippen molar-refractivity contribution in [3.05, 3.63) is 52.3 Å². The molecule has 1 aromatic carbocycles. The number of benzene rings is 1. The van der Waals surface area contributed by atoms with Gasteiger partial charge in [-0.15, -0.1) is 0 Å². The predicted octanol–water partition coefficient (Wildman–Crippen LogP) is 0.225. The zero-order valence-corrected chi connectivity index (χ0v) is 12.4. The molecule has 1 amide bonds. The van der Waals surface area contributed by atoms with Gasteiger partial charge in [0.05, 0.1) is 12.1 Å². The number of aromatic amines is 1. The third-order valence-electron chi connectivity index (χ3n) is 3.39. The molecule has 2 aromatic heterocycles. The highest BCUT2D eigenvalue weighted by Gasteiger charge is 2.19. The lowest BCUT2D eigenvalue weighted by molar-refractivity contribution is -0.137. The summed E-state index contributed by atoms with van der Waals surface area (Å²) < 4.78 is 1.29. The number of aryl methyl sites for hydroxylation is 1. The zero-order valence-electron chi connectivity index (χ0n) is 12.4. The molecule has 0 aliphatic carbocycles. The molecule has 0 bridgehead atoms. The van der Waals surface area contributed by atoms with Crippen LogP contribution in [-0.2, 0) is 11.2 Å². The highest BCUT2D eigenvalue weighted by Crippen LogP contribution is 2.17. The second kappa shape index (κ2) is 5.95. The summed E-state index contributed by atoms with van der Waals surface area (Å²) in [7, 11) is 0. The van der Waals surface area contributed by atoms with Crippen molar-refractivity contribution in [2.45, 2.75) is 12.8 Å². The van der Waals surface area contributed by atoms with Crippen molar-refractivity contribution in [3.8, 4) is 5.69 Å². The number of nitrogens with one attached hydrogen (secondary N) is 1. The normalized spacial score (nSPS) is 10.8. The van der Waals surface area contributed by atoms with Gasteiger partial charge < -0.3 is 15.8 Å². The van der Waals surface area contributed by atoms with Crippen LogP contribution < -0.4 is 11.4 Å². The summed E-state index contributed by atoms with van der Waals surface area (Å²) >= 11 is 0. The molecule has 0 saturated carbocycles. The first-order chi connectivity index (χ1) is 11.5. The van der Waals surface area contributed by atoms with E-state index in [4.69, 9.17) is 10.8 Å². The van der Waals surface area contributed by atoms with Gasteiger partial charge in [-0.3, -0.25) is 9.59 Å². The Morgan fingerprint density at radius 2 is 1.92 bits per heavy atom. The highest BCUT2D eigenvalue weighted by atomic mass is 16.4. The smallest absolute Gasteiger partial charge is 0.332 e. The number of para-hydroxylation sites is 1. The van der Waals surface area contributed by atoms with Crippen LogP contribution in [0, 0.1) is 0 Å². The number of carboxylic acid groups (broad SMARTS) is 1. The maximum absolute atomic E-state index is 12.3. The van der Waals surface area contributed by atoms with Gasteiger partial charge in [0, 0.05) is 6.42 Å². The molecule has 0 spiro atoms. The Morgan fingerprint density at radius 3 is 2.54 bits per heavy atom. The second-order valence-electron chi connectivity index (χ2n) is 5.05. The van der Waals surface area contributed by atoms with Gasteiger partial charge in [-0.05, 0) is 12.1 Å². The van der Waals surface area contributed by atoms with Gasteiger partial charge in [0.2, 0.25) is 0 Å². The summed E-state index contributed by atoms with van der Waals surface area (Å²) in [5, 5.41) is 8.79. The minimum absolute atomic E-state index is 0.0136. The monoisotopic (exact) mass is 327 g/mol. The van der Waals surface area contributed by atoms with Crippen molar-refractivity contribution in [1.29, 1.82) is 0 Å². The maximum atomic E-state index is 12.3. The van der Waals surface area contributed by atoms with Crippen LogP contribution in [0.25, 0.3) is 16.9 Å². The number of fused-ring (bicyclic) bond motifs is 1. The molecule has 3 aromatic rings. The molecule has 3 rings (SSSR count). The molecule has 0 aliphatic rings. The van der Waals surface area contributed by atoms with Crippen molar-refractivity contribution < 1.29 is 14.7 Å². The number of carboxylic acids is 1. The van der Waals surface area contributed by atoms with E-state index in [1.54, 1.807) is 30.3 Å². The average Bonchev–Trinajstić information content (AvgIpc) is 2.88. The standard InChI is InChI=1S/C15H13N5O4/c16-13(23)11-12-14(18-9(17-11)6-7-10(21)22)20(15(24)19-12)8-4-2-1-3-5-8/h1-5H,6-7H2,(H2,16,23)(H,19,24)(H,21,22). The number of carbonyl (C=O) groups is 2. The second-order valence-corrected chi connectivity index (χ2v) is 5.05. The molecule has 2 heterocycles. The third-order valence-corrected chi connectivity index (χ3v) is 3.39. The number of H-pyrrole nitrogens is 1. The SMILES string of the molecule is NC(=O)c1nc(CCC(=O)O)nc2c1[nH]c(=O)n2-c1ccccc1. The van der Waals surface area contributed by atoms with E-state index in [0.29, 0.717) is 5.69 Å². The highest BCUT2D eigenvalue weighted by molar-refractivity contribution is 6.01. The third kappa shape index (κ3) is 2.74. The fourth-order valence-corrected chi connectivity index (χ4v) is 2.36. The van der Waals surface area contributed by atoms with Crippen LogP contribution in [0.5, 0.6) is 0 Å². The fraction of sp³-hybridized carbons (Fsp3) is 0.133. The van der Waals surface area contributed by atoms with E-state index in [1.165, 1.54) is 4.57 Å². The molecule has 0 atom stereocenters. The van der Waals surface area contributed by atoms with Crippen LogP contribution in [0.4, 0.5) is 0 Å². The number of aromatic nitrogens is 4. The summed E-state index contributed by atoms with van der Waals surface area (Å²) in [6.07, 6.45) is -0.191. The van der Waals surface area contributed by atoms with Gasteiger partial charge >= 0.3 is 11.7 Å². The van der Waals surface area contributed by atoms with Crippen molar-refractivity contribution in [2.24, 2.45) is 5.73 Å². The lowest BCUT2D eigenvalue weighted by Crippen LogP contribution is -2.16. The molecule has 0 aliphatic heterocycles. The summed E-state index contributed by atoms with van der Waals surface area (Å²) in [6, 6.07) is 8.71. The van der Waals surface area contributed by atoms with Crippen LogP contribution >= 0.6 is 0 Å². The first-order valence-corrected chi connectivity index (χ1v) is 7.06. The molecule has 4 N–H and O–H groups in total. The van der Waals surface area contributed by atoms with Crippen molar-refractivity contribution in [2.75, 3.05) is 0 Å². The van der Waals surface area contributed by atoms with E-state index in [2.05, 4.69) is 15.0 Å². The molecule has 0 radical (unpaired) electrons. The molecule has 24 heavy (non-hydrogen) atoms. The number of hydrogen-bond donors (Lipinski definition) is 3. The van der Waals surface area contributed by atoms with Gasteiger partial charge in [-0.25, -0.2) is 19.3 Å². The van der Waals surface area contributed by atoms with Crippen LogP contribution in [0.2, 0.25) is 0 Å². The van der Waals surface area contributed by atoms with E-state index in [9.17, 15) is 14.4 Å². The Balaban J connectivity index is 2.26. The maximum Gasteiger partial charge on any atom is 0.332 e. The first kappa shape index (κ1) is 15.4. The van der Waals surface area contributed by atoms with E-state index in [-0.39, 0.29) is 35.5 Å². The average molecular weight is 327 g/mol. The molecule has 9 nitrogen and oxygen atoms in total. The molecular formula is C15H13N5O4. The lowest BCUT2D eigenvalue weighted by Gasteiger charge is -2.05. The topological polar surface area (TPSA) is 144 Å². The molecule has 0 fully saturated rings. The van der Waals surface area contributed by atoms with Gasteiger partial charge in [-0.1, -0.05) is 18.2 Å². The van der Waals surface area contributed by atoms with Crippen LogP contribution in [-0.4, -0.2) is 36.5 Å². The van der Waals surface area contributed by atoms with E-state index in [1.807, 2.05) is 0 Å². The molecule has 0 unspecified atom stereocenters. The number of primary amides is 1. The minimum Gasteiger partial charge on any atom is -0.481 e. The first-order valence-electron chi connectivity index (χ1n) is 7.06. The Hall–Kier alpha value is -3.49. The van der Waals surface area contributed by atoms with Gasteiger partial charge in [-0.2, -0.15) is 0 Å². The summed E-state index contributed by atoms with van der Waals surface area (Å²) in [5.41, 5.74) is 5.53. The van der Waals surface area contributed by atoms with Gasteiger partial charge in [0.1, 0.15) is 11.3 Å². The number of nitrogens with two attached hydrogens (primary N) is 1. The molecule has 0 saturated heterocycles. The van der Waals surface area contributed by atoms with Crippen LogP contribution in [0.3, 0.4) is 0 Å². The zero-order chi connectivity index (χ0) is 17.3. The number of amides is 1. The van der Waals surface area contributed by atoms with Crippen molar-refractivity contribution >= 4 is 23.0 Å². The Kier molecular flexibility index (Phi) is 3.82. The van der Waals surface area contributed by atoms with E-state index in [0.717, 1.165) is 0 Å². The summed E-state index contributed by atoms with van der Waals surface area (Å²) in [4.78, 5) is 45.4. The van der Waals surface area contributed by atoms with Crippen molar-refractivity contribution in [1.82, 2.24) is 19.5 Å². The molecular weight excluding hydrogens is 314 g/mol. The number of nitrogens with zero attached hydrogens (tertiary/aromatic N) is 3. The predicted molar refractivity (Wildman–Crippen MR) is 84.0 cm³/mol. The summed E-state index contributed by atoms with van der Waals surface area (Å²) in [6.45, 7) is 0.